The quantitative estimate of drug-likeness (QED) is 0.673. The zero-order chi connectivity index (χ0) is 15.7. The summed E-state index contributed by atoms with van der Waals surface area (Å²) >= 11 is 0. The highest BCUT2D eigenvalue weighted by atomic mass is 16.5. The van der Waals surface area contributed by atoms with Crippen LogP contribution in [0.1, 0.15) is 43.6 Å². The Labute approximate surface area is 138 Å². The number of hydrogen-bond donors (Lipinski definition) is 1. The Morgan fingerprint density at radius 1 is 1.35 bits per heavy atom. The Balaban J connectivity index is 1.39. The van der Waals surface area contributed by atoms with E-state index < -0.39 is 0 Å². The maximum atomic E-state index is 5.77. The predicted octanol–water partition coefficient (Wildman–Crippen LogP) is 3.00. The molecule has 0 bridgehead atoms. The molecule has 4 rings (SSSR count). The van der Waals surface area contributed by atoms with Crippen LogP contribution in [0, 0.1) is 5.41 Å². The largest absolute Gasteiger partial charge is 0.493 e. The smallest absolute Gasteiger partial charge is 0.193 e. The van der Waals surface area contributed by atoms with E-state index in [2.05, 4.69) is 39.5 Å². The monoisotopic (exact) mass is 313 g/mol. The highest BCUT2D eigenvalue weighted by molar-refractivity contribution is 5.80. The van der Waals surface area contributed by atoms with Gasteiger partial charge in [0, 0.05) is 32.6 Å². The lowest BCUT2D eigenvalue weighted by Crippen LogP contribution is -2.44. The number of para-hydroxylation sites is 1. The van der Waals surface area contributed by atoms with Crippen LogP contribution in [0.2, 0.25) is 0 Å². The Hall–Kier alpha value is -1.71. The number of aliphatic imine (C=N–C) groups is 1. The molecule has 1 unspecified atom stereocenters. The third kappa shape index (κ3) is 2.79. The van der Waals surface area contributed by atoms with Gasteiger partial charge in [0.25, 0.3) is 0 Å². The summed E-state index contributed by atoms with van der Waals surface area (Å²) in [5.41, 5.74) is 1.95. The summed E-state index contributed by atoms with van der Waals surface area (Å²) in [5.74, 6) is 2.64. The molecular formula is C19H27N3O. The molecule has 4 heteroatoms. The summed E-state index contributed by atoms with van der Waals surface area (Å²) < 4.78 is 5.77. The van der Waals surface area contributed by atoms with Crippen LogP contribution in [-0.4, -0.2) is 44.1 Å². The van der Waals surface area contributed by atoms with Crippen LogP contribution >= 0.6 is 0 Å². The average molecular weight is 313 g/mol. The first kappa shape index (κ1) is 14.9. The van der Waals surface area contributed by atoms with Crippen LogP contribution in [-0.2, 0) is 0 Å². The van der Waals surface area contributed by atoms with Crippen molar-refractivity contribution in [1.82, 2.24) is 10.2 Å². The molecule has 1 aliphatic carbocycles. The fourth-order valence-corrected chi connectivity index (χ4v) is 4.38. The molecule has 23 heavy (non-hydrogen) atoms. The Bertz CT molecular complexity index is 594. The SMILES string of the molecule is CN=C(NCC1CCOc2ccccc21)N1CCC2(CCC2)C1. The fraction of sp³-hybridized carbons (Fsp3) is 0.632. The molecular weight excluding hydrogens is 286 g/mol. The minimum absolute atomic E-state index is 0.511. The van der Waals surface area contributed by atoms with Crippen molar-refractivity contribution < 1.29 is 4.74 Å². The second kappa shape index (κ2) is 6.06. The summed E-state index contributed by atoms with van der Waals surface area (Å²) in [4.78, 5) is 7.00. The van der Waals surface area contributed by atoms with Crippen molar-refractivity contribution >= 4 is 5.96 Å². The topological polar surface area (TPSA) is 36.9 Å². The fourth-order valence-electron chi connectivity index (χ4n) is 4.38. The highest BCUT2D eigenvalue weighted by Gasteiger charge is 2.43. The highest BCUT2D eigenvalue weighted by Crippen LogP contribution is 2.47. The summed E-state index contributed by atoms with van der Waals surface area (Å²) in [6.07, 6.45) is 6.65. The van der Waals surface area contributed by atoms with E-state index in [1.165, 1.54) is 37.8 Å². The lowest BCUT2D eigenvalue weighted by Gasteiger charge is -2.38. The number of hydrogen-bond acceptors (Lipinski definition) is 2. The van der Waals surface area contributed by atoms with Crippen molar-refractivity contribution in [3.8, 4) is 5.75 Å². The molecule has 1 saturated carbocycles. The van der Waals surface area contributed by atoms with Crippen LogP contribution in [0.25, 0.3) is 0 Å². The van der Waals surface area contributed by atoms with Crippen LogP contribution in [0.5, 0.6) is 5.75 Å². The van der Waals surface area contributed by atoms with Crippen LogP contribution < -0.4 is 10.1 Å². The third-order valence-electron chi connectivity index (χ3n) is 5.95. The van der Waals surface area contributed by atoms with Crippen LogP contribution in [0.4, 0.5) is 0 Å². The first-order valence-corrected chi connectivity index (χ1v) is 8.97. The minimum atomic E-state index is 0.511. The summed E-state index contributed by atoms with van der Waals surface area (Å²) in [6, 6.07) is 8.44. The zero-order valence-corrected chi connectivity index (χ0v) is 14.1. The van der Waals surface area contributed by atoms with Gasteiger partial charge in [0.2, 0.25) is 0 Å². The van der Waals surface area contributed by atoms with E-state index in [1.54, 1.807) is 0 Å². The molecule has 1 N–H and O–H groups in total. The molecule has 2 heterocycles. The molecule has 1 atom stereocenters. The molecule has 1 aromatic carbocycles. The Morgan fingerprint density at radius 3 is 2.96 bits per heavy atom. The number of nitrogens with zero attached hydrogens (tertiary/aromatic N) is 2. The number of likely N-dealkylation sites (tertiary alicyclic amines) is 1. The second-order valence-electron chi connectivity index (χ2n) is 7.33. The average Bonchev–Trinajstić information content (AvgIpc) is 3.01. The maximum absolute atomic E-state index is 5.77. The lowest BCUT2D eigenvalue weighted by molar-refractivity contribution is 0.151. The van der Waals surface area contributed by atoms with Gasteiger partial charge in [-0.2, -0.15) is 0 Å². The number of nitrogens with one attached hydrogen (secondary N) is 1. The van der Waals surface area contributed by atoms with Gasteiger partial charge >= 0.3 is 0 Å². The van der Waals surface area contributed by atoms with Crippen molar-refractivity contribution in [1.29, 1.82) is 0 Å². The Morgan fingerprint density at radius 2 is 2.22 bits per heavy atom. The van der Waals surface area contributed by atoms with E-state index in [0.29, 0.717) is 11.3 Å². The van der Waals surface area contributed by atoms with Crippen LogP contribution in [0.3, 0.4) is 0 Å². The molecule has 4 nitrogen and oxygen atoms in total. The van der Waals surface area contributed by atoms with Crippen molar-refractivity contribution in [2.75, 3.05) is 33.3 Å². The van der Waals surface area contributed by atoms with E-state index >= 15 is 0 Å². The van der Waals surface area contributed by atoms with Crippen molar-refractivity contribution in [3.63, 3.8) is 0 Å². The maximum Gasteiger partial charge on any atom is 0.193 e. The molecule has 1 aromatic rings. The van der Waals surface area contributed by atoms with Crippen molar-refractivity contribution in [2.24, 2.45) is 10.4 Å². The molecule has 1 spiro atoms. The van der Waals surface area contributed by atoms with Crippen molar-refractivity contribution in [2.45, 2.75) is 38.0 Å². The van der Waals surface area contributed by atoms with Gasteiger partial charge in [-0.25, -0.2) is 0 Å². The Kier molecular flexibility index (Phi) is 3.92. The van der Waals surface area contributed by atoms with Gasteiger partial charge in [-0.3, -0.25) is 4.99 Å². The van der Waals surface area contributed by atoms with E-state index in [4.69, 9.17) is 4.74 Å². The number of rotatable bonds is 2. The first-order valence-electron chi connectivity index (χ1n) is 8.97. The van der Waals surface area contributed by atoms with Gasteiger partial charge in [-0.05, 0) is 42.7 Å². The standard InChI is InChI=1S/C19H27N3O/c1-20-18(22-11-10-19(14-22)8-4-9-19)21-13-15-7-12-23-17-6-3-2-5-16(15)17/h2-3,5-6,15H,4,7-14H2,1H3,(H,20,21). The molecule has 3 aliphatic rings. The van der Waals surface area contributed by atoms with Crippen molar-refractivity contribution in [3.05, 3.63) is 29.8 Å². The molecule has 2 fully saturated rings. The molecule has 2 aliphatic heterocycles. The molecule has 124 valence electrons. The summed E-state index contributed by atoms with van der Waals surface area (Å²) in [6.45, 7) is 4.10. The normalized spacial score (nSPS) is 25.7. The van der Waals surface area contributed by atoms with Crippen LogP contribution in [0.15, 0.2) is 29.3 Å². The van der Waals surface area contributed by atoms with E-state index in [0.717, 1.165) is 37.8 Å². The zero-order valence-electron chi connectivity index (χ0n) is 14.1. The second-order valence-corrected chi connectivity index (χ2v) is 7.33. The van der Waals surface area contributed by atoms with Gasteiger partial charge in [0.1, 0.15) is 5.75 Å². The minimum Gasteiger partial charge on any atom is -0.493 e. The van der Waals surface area contributed by atoms with E-state index in [1.807, 2.05) is 7.05 Å². The third-order valence-corrected chi connectivity index (χ3v) is 5.95. The number of ether oxygens (including phenoxy) is 1. The summed E-state index contributed by atoms with van der Waals surface area (Å²) in [5, 5.41) is 3.63. The lowest BCUT2D eigenvalue weighted by atomic mass is 9.68. The van der Waals surface area contributed by atoms with E-state index in [9.17, 15) is 0 Å². The summed E-state index contributed by atoms with van der Waals surface area (Å²) in [7, 11) is 1.91. The van der Waals surface area contributed by atoms with Gasteiger partial charge in [-0.1, -0.05) is 24.6 Å². The molecule has 0 amide bonds. The number of fused-ring (bicyclic) bond motifs is 1. The van der Waals surface area contributed by atoms with Gasteiger partial charge in [-0.15, -0.1) is 0 Å². The van der Waals surface area contributed by atoms with Gasteiger partial charge in [0.15, 0.2) is 5.96 Å². The number of guanidine groups is 1. The van der Waals surface area contributed by atoms with Gasteiger partial charge < -0.3 is 15.0 Å². The molecule has 1 saturated heterocycles. The predicted molar refractivity (Wildman–Crippen MR) is 93.1 cm³/mol. The van der Waals surface area contributed by atoms with Gasteiger partial charge in [0.05, 0.1) is 6.61 Å². The number of benzene rings is 1. The molecule has 0 aromatic heterocycles. The van der Waals surface area contributed by atoms with E-state index in [-0.39, 0.29) is 0 Å². The molecule has 0 radical (unpaired) electrons. The first-order chi connectivity index (χ1) is 11.3.